The molecule has 0 saturated heterocycles. The van der Waals surface area contributed by atoms with Crippen LogP contribution in [-0.2, 0) is 0 Å². The quantitative estimate of drug-likeness (QED) is 0.819. The number of nitriles is 1. The molecular weight excluding hydrogens is 269 g/mol. The molecule has 2 aromatic rings. The standard InChI is InChI=1S/C16H16FN3O/c1-2-6-21-16-9-15(14(19)8-13(16)17)20-12-5-3-4-11(7-12)10-18/h3-5,7-9,20H,2,6,19H2,1H3. The molecule has 0 atom stereocenters. The Kier molecular flexibility index (Phi) is 4.62. The van der Waals surface area contributed by atoms with E-state index >= 15 is 0 Å². The second-order valence-corrected chi connectivity index (χ2v) is 4.54. The summed E-state index contributed by atoms with van der Waals surface area (Å²) in [6, 6.07) is 11.8. The van der Waals surface area contributed by atoms with Gasteiger partial charge in [-0.05, 0) is 24.6 Å². The molecule has 0 bridgehead atoms. The van der Waals surface area contributed by atoms with E-state index in [1.807, 2.05) is 6.92 Å². The summed E-state index contributed by atoms with van der Waals surface area (Å²) >= 11 is 0. The van der Waals surface area contributed by atoms with Crippen molar-refractivity contribution in [2.24, 2.45) is 0 Å². The lowest BCUT2D eigenvalue weighted by Crippen LogP contribution is -2.02. The average Bonchev–Trinajstić information content (AvgIpc) is 2.49. The highest BCUT2D eigenvalue weighted by Gasteiger charge is 2.09. The van der Waals surface area contributed by atoms with Crippen molar-refractivity contribution in [1.82, 2.24) is 0 Å². The van der Waals surface area contributed by atoms with Crippen molar-refractivity contribution in [1.29, 1.82) is 5.26 Å². The maximum absolute atomic E-state index is 13.7. The van der Waals surface area contributed by atoms with Crippen LogP contribution in [0.25, 0.3) is 0 Å². The van der Waals surface area contributed by atoms with E-state index in [0.29, 0.717) is 23.5 Å². The van der Waals surface area contributed by atoms with Gasteiger partial charge in [-0.2, -0.15) is 5.26 Å². The Hall–Kier alpha value is -2.74. The zero-order valence-corrected chi connectivity index (χ0v) is 11.7. The molecule has 0 amide bonds. The number of nitrogens with one attached hydrogen (secondary N) is 1. The van der Waals surface area contributed by atoms with Gasteiger partial charge in [-0.3, -0.25) is 0 Å². The highest BCUT2D eigenvalue weighted by Crippen LogP contribution is 2.30. The Bertz CT molecular complexity index is 680. The predicted molar refractivity (Wildman–Crippen MR) is 81.0 cm³/mol. The van der Waals surface area contributed by atoms with E-state index < -0.39 is 5.82 Å². The van der Waals surface area contributed by atoms with Crippen LogP contribution in [0.15, 0.2) is 36.4 Å². The Morgan fingerprint density at radius 1 is 1.33 bits per heavy atom. The first kappa shape index (κ1) is 14.7. The number of ether oxygens (including phenoxy) is 1. The van der Waals surface area contributed by atoms with Crippen LogP contribution < -0.4 is 15.8 Å². The van der Waals surface area contributed by atoms with Crippen LogP contribution in [0, 0.1) is 17.1 Å². The lowest BCUT2D eigenvalue weighted by Gasteiger charge is -2.13. The van der Waals surface area contributed by atoms with Gasteiger partial charge in [0.1, 0.15) is 0 Å². The number of nitrogens with two attached hydrogens (primary N) is 1. The summed E-state index contributed by atoms with van der Waals surface area (Å²) in [6.07, 6.45) is 0.788. The molecule has 0 fully saturated rings. The van der Waals surface area contributed by atoms with Crippen molar-refractivity contribution in [2.45, 2.75) is 13.3 Å². The second-order valence-electron chi connectivity index (χ2n) is 4.54. The molecule has 5 heteroatoms. The molecule has 0 aliphatic rings. The normalized spacial score (nSPS) is 9.95. The first-order valence-electron chi connectivity index (χ1n) is 6.63. The Morgan fingerprint density at radius 2 is 2.14 bits per heavy atom. The summed E-state index contributed by atoms with van der Waals surface area (Å²) < 4.78 is 19.1. The molecule has 4 nitrogen and oxygen atoms in total. The third-order valence-electron chi connectivity index (χ3n) is 2.84. The lowest BCUT2D eigenvalue weighted by molar-refractivity contribution is 0.301. The topological polar surface area (TPSA) is 71.1 Å². The second kappa shape index (κ2) is 6.62. The molecule has 0 radical (unpaired) electrons. The SMILES string of the molecule is CCCOc1cc(Nc2cccc(C#N)c2)c(N)cc1F. The number of benzene rings is 2. The van der Waals surface area contributed by atoms with Crippen molar-refractivity contribution < 1.29 is 9.13 Å². The van der Waals surface area contributed by atoms with Gasteiger partial charge in [0.15, 0.2) is 11.6 Å². The summed E-state index contributed by atoms with van der Waals surface area (Å²) in [7, 11) is 0. The van der Waals surface area contributed by atoms with Crippen LogP contribution in [0.5, 0.6) is 5.75 Å². The monoisotopic (exact) mass is 285 g/mol. The third kappa shape index (κ3) is 3.63. The zero-order valence-electron chi connectivity index (χ0n) is 11.7. The van der Waals surface area contributed by atoms with Gasteiger partial charge in [0.05, 0.1) is 29.6 Å². The van der Waals surface area contributed by atoms with Crippen molar-refractivity contribution in [3.05, 3.63) is 47.8 Å². The molecule has 0 aliphatic heterocycles. The summed E-state index contributed by atoms with van der Waals surface area (Å²) in [5, 5.41) is 12.0. The molecule has 0 saturated carbocycles. The van der Waals surface area contributed by atoms with Crippen LogP contribution in [0.4, 0.5) is 21.5 Å². The summed E-state index contributed by atoms with van der Waals surface area (Å²) in [4.78, 5) is 0. The number of rotatable bonds is 5. The van der Waals surface area contributed by atoms with Gasteiger partial charge in [0.2, 0.25) is 0 Å². The molecule has 108 valence electrons. The van der Waals surface area contributed by atoms with Gasteiger partial charge in [-0.25, -0.2) is 4.39 Å². The van der Waals surface area contributed by atoms with Gasteiger partial charge in [-0.1, -0.05) is 13.0 Å². The number of hydrogen-bond donors (Lipinski definition) is 2. The van der Waals surface area contributed by atoms with E-state index in [0.717, 1.165) is 6.42 Å². The van der Waals surface area contributed by atoms with Crippen molar-refractivity contribution in [3.63, 3.8) is 0 Å². The summed E-state index contributed by atoms with van der Waals surface area (Å²) in [5.74, 6) is -0.331. The van der Waals surface area contributed by atoms with Crippen molar-refractivity contribution >= 4 is 17.1 Å². The minimum absolute atomic E-state index is 0.157. The lowest BCUT2D eigenvalue weighted by atomic mass is 10.2. The number of nitrogens with zero attached hydrogens (tertiary/aromatic N) is 1. The number of anilines is 3. The molecular formula is C16H16FN3O. The molecule has 21 heavy (non-hydrogen) atoms. The van der Waals surface area contributed by atoms with E-state index in [4.69, 9.17) is 15.7 Å². The maximum atomic E-state index is 13.7. The molecule has 2 rings (SSSR count). The molecule has 3 N–H and O–H groups in total. The Labute approximate surface area is 123 Å². The van der Waals surface area contributed by atoms with E-state index in [1.54, 1.807) is 24.3 Å². The number of hydrogen-bond acceptors (Lipinski definition) is 4. The van der Waals surface area contributed by atoms with Gasteiger partial charge >= 0.3 is 0 Å². The van der Waals surface area contributed by atoms with E-state index in [-0.39, 0.29) is 11.4 Å². The van der Waals surface area contributed by atoms with E-state index in [2.05, 4.69) is 11.4 Å². The predicted octanol–water partition coefficient (Wildman–Crippen LogP) is 3.81. The van der Waals surface area contributed by atoms with Crippen molar-refractivity contribution in [2.75, 3.05) is 17.7 Å². The number of halogens is 1. The highest BCUT2D eigenvalue weighted by molar-refractivity contribution is 5.74. The van der Waals surface area contributed by atoms with Gasteiger partial charge in [-0.15, -0.1) is 0 Å². The molecule has 0 spiro atoms. The first-order valence-corrected chi connectivity index (χ1v) is 6.63. The van der Waals surface area contributed by atoms with E-state index in [1.165, 1.54) is 12.1 Å². The van der Waals surface area contributed by atoms with Gasteiger partial charge < -0.3 is 15.8 Å². The minimum atomic E-state index is -0.489. The molecule has 0 aliphatic carbocycles. The fourth-order valence-electron chi connectivity index (χ4n) is 1.82. The molecule has 0 unspecified atom stereocenters. The summed E-state index contributed by atoms with van der Waals surface area (Å²) in [6.45, 7) is 2.38. The highest BCUT2D eigenvalue weighted by atomic mass is 19.1. The fourth-order valence-corrected chi connectivity index (χ4v) is 1.82. The van der Waals surface area contributed by atoms with Gasteiger partial charge in [0.25, 0.3) is 0 Å². The zero-order chi connectivity index (χ0) is 15.2. The average molecular weight is 285 g/mol. The molecule has 0 heterocycles. The fraction of sp³-hybridized carbons (Fsp3) is 0.188. The molecule has 0 aromatic heterocycles. The van der Waals surface area contributed by atoms with Crippen LogP contribution >= 0.6 is 0 Å². The number of nitrogen functional groups attached to an aromatic ring is 1. The van der Waals surface area contributed by atoms with Crippen LogP contribution in [0.1, 0.15) is 18.9 Å². The third-order valence-corrected chi connectivity index (χ3v) is 2.84. The first-order chi connectivity index (χ1) is 10.1. The maximum Gasteiger partial charge on any atom is 0.167 e. The largest absolute Gasteiger partial charge is 0.490 e. The summed E-state index contributed by atoms with van der Waals surface area (Å²) in [5.41, 5.74) is 7.86. The van der Waals surface area contributed by atoms with Gasteiger partial charge in [0, 0.05) is 17.8 Å². The Morgan fingerprint density at radius 3 is 2.86 bits per heavy atom. The smallest absolute Gasteiger partial charge is 0.167 e. The van der Waals surface area contributed by atoms with Crippen molar-refractivity contribution in [3.8, 4) is 11.8 Å². The minimum Gasteiger partial charge on any atom is -0.490 e. The Balaban J connectivity index is 2.28. The van der Waals surface area contributed by atoms with Crippen LogP contribution in [0.2, 0.25) is 0 Å². The van der Waals surface area contributed by atoms with E-state index in [9.17, 15) is 4.39 Å². The van der Waals surface area contributed by atoms with Crippen LogP contribution in [-0.4, -0.2) is 6.61 Å². The van der Waals surface area contributed by atoms with Crippen LogP contribution in [0.3, 0.4) is 0 Å². The molecule has 2 aromatic carbocycles.